The van der Waals surface area contributed by atoms with Crippen LogP contribution in [-0.4, -0.2) is 7.11 Å². The van der Waals surface area contributed by atoms with Crippen LogP contribution in [0.25, 0.3) is 11.1 Å². The van der Waals surface area contributed by atoms with Crippen molar-refractivity contribution in [1.82, 2.24) is 0 Å². The molecule has 5 heteroatoms. The first kappa shape index (κ1) is 23.1. The van der Waals surface area contributed by atoms with Crippen molar-refractivity contribution in [2.45, 2.75) is 26.2 Å². The van der Waals surface area contributed by atoms with Crippen LogP contribution in [0.3, 0.4) is 0 Å². The third kappa shape index (κ3) is 4.51. The van der Waals surface area contributed by atoms with E-state index < -0.39 is 17.5 Å². The fourth-order valence-corrected chi connectivity index (χ4v) is 3.15. The van der Waals surface area contributed by atoms with E-state index >= 15 is 0 Å². The maximum atomic E-state index is 14.7. The predicted octanol–water partition coefficient (Wildman–Crippen LogP) is 7.22. The molecule has 30 heavy (non-hydrogen) atoms. The summed E-state index contributed by atoms with van der Waals surface area (Å²) in [7, 11) is 1.25. The molecule has 1 heterocycles. The fraction of sp³-hybridized carbons (Fsp3) is 0.200. The summed E-state index contributed by atoms with van der Waals surface area (Å²) in [4.78, 5) is 0. The number of aryl methyl sites for hydroxylation is 1. The Bertz CT molecular complexity index is 988. The zero-order chi connectivity index (χ0) is 22.4. The number of benzene rings is 2. The Morgan fingerprint density at radius 2 is 1.77 bits per heavy atom. The maximum absolute atomic E-state index is 14.7. The molecular weight excluding hydrogens is 389 g/mol. The number of hydrogen-bond acceptors (Lipinski definition) is 2. The van der Waals surface area contributed by atoms with E-state index in [2.05, 4.69) is 33.2 Å². The van der Waals surface area contributed by atoms with Gasteiger partial charge in [0.05, 0.1) is 7.11 Å². The summed E-state index contributed by atoms with van der Waals surface area (Å²) in [6.45, 7) is 15.3. The van der Waals surface area contributed by atoms with E-state index in [-0.39, 0.29) is 29.3 Å². The van der Waals surface area contributed by atoms with E-state index in [4.69, 9.17) is 9.47 Å². The highest BCUT2D eigenvalue weighted by molar-refractivity contribution is 5.68. The van der Waals surface area contributed by atoms with Gasteiger partial charge in [0, 0.05) is 17.5 Å². The summed E-state index contributed by atoms with van der Waals surface area (Å²) < 4.78 is 53.9. The molecule has 0 fully saturated rings. The molecule has 0 amide bonds. The molecule has 0 saturated carbocycles. The minimum Gasteiger partial charge on any atom is -0.494 e. The third-order valence-electron chi connectivity index (χ3n) is 4.66. The number of allylic oxidation sites excluding steroid dienone is 2. The third-order valence-corrected chi connectivity index (χ3v) is 4.66. The second-order valence-corrected chi connectivity index (χ2v) is 6.64. The van der Waals surface area contributed by atoms with Gasteiger partial charge in [-0.1, -0.05) is 50.8 Å². The number of methoxy groups -OCH3 is 1. The summed E-state index contributed by atoms with van der Waals surface area (Å²) in [6, 6.07) is 8.85. The van der Waals surface area contributed by atoms with Crippen LogP contribution < -0.4 is 4.74 Å². The van der Waals surface area contributed by atoms with Gasteiger partial charge in [-0.3, -0.25) is 0 Å². The number of hydrogen-bond donors (Lipinski definition) is 0. The van der Waals surface area contributed by atoms with E-state index in [1.807, 2.05) is 12.1 Å². The molecule has 2 aromatic rings. The largest absolute Gasteiger partial charge is 0.494 e. The van der Waals surface area contributed by atoms with E-state index in [9.17, 15) is 13.2 Å². The minimum atomic E-state index is -1.16. The molecule has 3 rings (SSSR count). The molecule has 0 saturated heterocycles. The molecule has 1 aliphatic heterocycles. The normalized spacial score (nSPS) is 14.1. The minimum absolute atomic E-state index is 0.118. The van der Waals surface area contributed by atoms with Crippen molar-refractivity contribution in [1.29, 1.82) is 0 Å². The van der Waals surface area contributed by atoms with E-state index in [1.54, 1.807) is 12.1 Å². The molecular formula is C25H25F3O2. The number of fused-ring (bicyclic) bond motifs is 1. The Balaban J connectivity index is 0.00000155. The van der Waals surface area contributed by atoms with Gasteiger partial charge in [-0.2, -0.15) is 8.78 Å². The second-order valence-electron chi connectivity index (χ2n) is 6.64. The van der Waals surface area contributed by atoms with Gasteiger partial charge >= 0.3 is 0 Å². The topological polar surface area (TPSA) is 18.5 Å². The van der Waals surface area contributed by atoms with Crippen molar-refractivity contribution >= 4 is 0 Å². The van der Waals surface area contributed by atoms with Gasteiger partial charge in [0.15, 0.2) is 23.1 Å². The van der Waals surface area contributed by atoms with Gasteiger partial charge in [-0.05, 0) is 29.2 Å². The molecule has 0 aromatic heterocycles. The molecule has 0 atom stereocenters. The van der Waals surface area contributed by atoms with E-state index in [0.717, 1.165) is 18.4 Å². The van der Waals surface area contributed by atoms with Crippen molar-refractivity contribution in [2.75, 3.05) is 7.11 Å². The molecule has 0 spiro atoms. The van der Waals surface area contributed by atoms with Gasteiger partial charge < -0.3 is 9.47 Å². The second kappa shape index (κ2) is 10.0. The highest BCUT2D eigenvalue weighted by Gasteiger charge is 2.29. The zero-order valence-electron chi connectivity index (χ0n) is 17.3. The average molecular weight is 414 g/mol. The molecule has 0 N–H and O–H groups in total. The Morgan fingerprint density at radius 3 is 2.33 bits per heavy atom. The van der Waals surface area contributed by atoms with Crippen molar-refractivity contribution in [2.24, 2.45) is 0 Å². The lowest BCUT2D eigenvalue weighted by atomic mass is 9.94. The first-order valence-corrected chi connectivity index (χ1v) is 9.46. The molecule has 2 nitrogen and oxygen atoms in total. The summed E-state index contributed by atoms with van der Waals surface area (Å²) in [6.07, 6.45) is 2.04. The highest BCUT2D eigenvalue weighted by atomic mass is 19.2. The Kier molecular flexibility index (Phi) is 7.70. The lowest BCUT2D eigenvalue weighted by Crippen LogP contribution is -2.14. The Labute approximate surface area is 175 Å². The summed E-state index contributed by atoms with van der Waals surface area (Å²) in [5.74, 6) is -4.01. The van der Waals surface area contributed by atoms with Crippen molar-refractivity contribution in [3.05, 3.63) is 102 Å². The van der Waals surface area contributed by atoms with Gasteiger partial charge in [-0.15, -0.1) is 13.2 Å². The first-order valence-electron chi connectivity index (χ1n) is 9.46. The van der Waals surface area contributed by atoms with Crippen LogP contribution in [0.2, 0.25) is 0 Å². The molecule has 1 aliphatic rings. The maximum Gasteiger partial charge on any atom is 0.207 e. The molecule has 0 radical (unpaired) electrons. The van der Waals surface area contributed by atoms with Crippen LogP contribution in [0.4, 0.5) is 13.2 Å². The van der Waals surface area contributed by atoms with Crippen molar-refractivity contribution < 1.29 is 22.6 Å². The van der Waals surface area contributed by atoms with Crippen LogP contribution in [-0.2, 0) is 17.6 Å². The molecule has 0 aliphatic carbocycles. The average Bonchev–Trinajstić information content (AvgIpc) is 2.77. The standard InChI is InChI=1S/C23H21F3O2.C2H4/c1-5-6-15-7-9-16(10-8-15)18-12-17-11-13(2)22(19(24)14(3)27-4)28-23(17)21(26)20(18)25;1-2/h7-10,12H,2-3,5-6,11H2,1,4H3;1-2H2/b22-19-;. The number of rotatable bonds is 5. The van der Waals surface area contributed by atoms with E-state index in [0.29, 0.717) is 16.7 Å². The molecule has 0 unspecified atom stereocenters. The van der Waals surface area contributed by atoms with Gasteiger partial charge in [0.25, 0.3) is 0 Å². The zero-order valence-corrected chi connectivity index (χ0v) is 17.3. The summed E-state index contributed by atoms with van der Waals surface area (Å²) in [5, 5.41) is 0. The van der Waals surface area contributed by atoms with Crippen LogP contribution in [0.15, 0.2) is 79.6 Å². The smallest absolute Gasteiger partial charge is 0.207 e. The summed E-state index contributed by atoms with van der Waals surface area (Å²) in [5.41, 5.74) is 2.51. The van der Waals surface area contributed by atoms with Gasteiger partial charge in [0.1, 0.15) is 0 Å². The first-order chi connectivity index (χ1) is 14.4. The van der Waals surface area contributed by atoms with Crippen LogP contribution in [0, 0.1) is 11.6 Å². The van der Waals surface area contributed by atoms with Gasteiger partial charge in [-0.25, -0.2) is 4.39 Å². The monoisotopic (exact) mass is 414 g/mol. The lowest BCUT2D eigenvalue weighted by Gasteiger charge is -2.24. The van der Waals surface area contributed by atoms with Crippen molar-refractivity contribution in [3.63, 3.8) is 0 Å². The Morgan fingerprint density at radius 1 is 1.13 bits per heavy atom. The molecule has 0 bridgehead atoms. The quantitative estimate of drug-likeness (QED) is 0.380. The predicted molar refractivity (Wildman–Crippen MR) is 115 cm³/mol. The van der Waals surface area contributed by atoms with Crippen LogP contribution >= 0.6 is 0 Å². The SMILES string of the molecule is C=C.C=C(OC)/C(F)=C1/Oc2c(cc(-c3ccc(CCC)cc3)c(F)c2F)CC1=C. The van der Waals surface area contributed by atoms with Crippen LogP contribution in [0.1, 0.15) is 24.5 Å². The molecule has 158 valence electrons. The lowest BCUT2D eigenvalue weighted by molar-refractivity contribution is 0.272. The van der Waals surface area contributed by atoms with E-state index in [1.165, 1.54) is 13.2 Å². The van der Waals surface area contributed by atoms with Crippen LogP contribution in [0.5, 0.6) is 5.75 Å². The highest BCUT2D eigenvalue weighted by Crippen LogP contribution is 2.41. The molecule has 2 aromatic carbocycles. The Hall–Kier alpha value is -3.21. The number of ether oxygens (including phenoxy) is 2. The summed E-state index contributed by atoms with van der Waals surface area (Å²) >= 11 is 0. The number of halogens is 3. The van der Waals surface area contributed by atoms with Crippen molar-refractivity contribution in [3.8, 4) is 16.9 Å². The fourth-order valence-electron chi connectivity index (χ4n) is 3.15. The van der Waals surface area contributed by atoms with Gasteiger partial charge in [0.2, 0.25) is 11.6 Å².